The predicted octanol–water partition coefficient (Wildman–Crippen LogP) is 2.43. The van der Waals surface area contributed by atoms with Gasteiger partial charge in [-0.05, 0) is 44.9 Å². The highest BCUT2D eigenvalue weighted by atomic mass is 16.5. The maximum Gasteiger partial charge on any atom is 0.340 e. The number of esters is 1. The molecule has 0 amide bonds. The molecule has 1 fully saturated rings. The van der Waals surface area contributed by atoms with Crippen LogP contribution in [0.25, 0.3) is 0 Å². The van der Waals surface area contributed by atoms with Crippen molar-refractivity contribution in [3.8, 4) is 0 Å². The summed E-state index contributed by atoms with van der Waals surface area (Å²) < 4.78 is 5.10. The maximum absolute atomic E-state index is 12.0. The third kappa shape index (κ3) is 2.42. The number of nitrogens with two attached hydrogens (primary N) is 1. The number of anilines is 2. The molecule has 4 heteroatoms. The minimum Gasteiger partial charge on any atom is -0.462 e. The molecule has 1 aromatic rings. The number of ether oxygens (including phenoxy) is 1. The SMILES string of the molecule is CCOC(=O)c1cc(N)ccc1N1CCCC1C. The summed E-state index contributed by atoms with van der Waals surface area (Å²) in [6, 6.07) is 5.92. The normalized spacial score (nSPS) is 19.0. The van der Waals surface area contributed by atoms with Gasteiger partial charge in [0.25, 0.3) is 0 Å². The first-order valence-corrected chi connectivity index (χ1v) is 6.46. The van der Waals surface area contributed by atoms with Gasteiger partial charge in [0.05, 0.1) is 17.9 Å². The lowest BCUT2D eigenvalue weighted by atomic mass is 10.1. The topological polar surface area (TPSA) is 55.6 Å². The van der Waals surface area contributed by atoms with E-state index in [0.717, 1.165) is 25.1 Å². The average Bonchev–Trinajstić information content (AvgIpc) is 2.76. The molecule has 98 valence electrons. The van der Waals surface area contributed by atoms with E-state index in [4.69, 9.17) is 10.5 Å². The van der Waals surface area contributed by atoms with E-state index in [2.05, 4.69) is 11.8 Å². The summed E-state index contributed by atoms with van der Waals surface area (Å²) >= 11 is 0. The van der Waals surface area contributed by atoms with Crippen molar-refractivity contribution in [3.05, 3.63) is 23.8 Å². The van der Waals surface area contributed by atoms with E-state index in [0.29, 0.717) is 23.9 Å². The van der Waals surface area contributed by atoms with E-state index < -0.39 is 0 Å². The van der Waals surface area contributed by atoms with Gasteiger partial charge in [-0.1, -0.05) is 0 Å². The third-order valence-corrected chi connectivity index (χ3v) is 3.38. The predicted molar refractivity (Wildman–Crippen MR) is 72.9 cm³/mol. The van der Waals surface area contributed by atoms with Crippen LogP contribution in [0.2, 0.25) is 0 Å². The number of carbonyl (C=O) groups excluding carboxylic acids is 1. The third-order valence-electron chi connectivity index (χ3n) is 3.38. The number of rotatable bonds is 3. The van der Waals surface area contributed by atoms with Gasteiger partial charge in [0.2, 0.25) is 0 Å². The van der Waals surface area contributed by atoms with Crippen molar-refractivity contribution in [3.63, 3.8) is 0 Å². The summed E-state index contributed by atoms with van der Waals surface area (Å²) in [6.07, 6.45) is 2.32. The van der Waals surface area contributed by atoms with Crippen molar-refractivity contribution in [1.82, 2.24) is 0 Å². The molecule has 1 atom stereocenters. The Morgan fingerprint density at radius 1 is 1.56 bits per heavy atom. The molecule has 4 nitrogen and oxygen atoms in total. The van der Waals surface area contributed by atoms with Crippen LogP contribution in [0.15, 0.2) is 18.2 Å². The molecule has 2 N–H and O–H groups in total. The lowest BCUT2D eigenvalue weighted by Crippen LogP contribution is -2.28. The fourth-order valence-corrected chi connectivity index (χ4v) is 2.47. The highest BCUT2D eigenvalue weighted by Crippen LogP contribution is 2.30. The summed E-state index contributed by atoms with van der Waals surface area (Å²) in [4.78, 5) is 14.2. The number of benzene rings is 1. The molecule has 1 aliphatic heterocycles. The molecule has 1 aliphatic rings. The van der Waals surface area contributed by atoms with Gasteiger partial charge in [-0.3, -0.25) is 0 Å². The highest BCUT2D eigenvalue weighted by Gasteiger charge is 2.25. The standard InChI is InChI=1S/C14H20N2O2/c1-3-18-14(17)12-9-11(15)6-7-13(12)16-8-4-5-10(16)2/h6-7,9-10H,3-5,8,15H2,1-2H3. The lowest BCUT2D eigenvalue weighted by molar-refractivity contribution is 0.0527. The average molecular weight is 248 g/mol. The number of carbonyl (C=O) groups is 1. The van der Waals surface area contributed by atoms with Crippen LogP contribution < -0.4 is 10.6 Å². The lowest BCUT2D eigenvalue weighted by Gasteiger charge is -2.26. The van der Waals surface area contributed by atoms with Crippen LogP contribution in [-0.2, 0) is 4.74 Å². The summed E-state index contributed by atoms with van der Waals surface area (Å²) in [5.41, 5.74) is 7.87. The number of nitrogen functional groups attached to an aromatic ring is 1. The van der Waals surface area contributed by atoms with Gasteiger partial charge in [0.1, 0.15) is 0 Å². The van der Waals surface area contributed by atoms with Crippen LogP contribution in [-0.4, -0.2) is 25.2 Å². The molecule has 1 heterocycles. The van der Waals surface area contributed by atoms with Crippen molar-refractivity contribution < 1.29 is 9.53 Å². The van der Waals surface area contributed by atoms with Crippen LogP contribution in [0.5, 0.6) is 0 Å². The fourth-order valence-electron chi connectivity index (χ4n) is 2.47. The van der Waals surface area contributed by atoms with Crippen LogP contribution in [0, 0.1) is 0 Å². The van der Waals surface area contributed by atoms with E-state index in [1.807, 2.05) is 19.1 Å². The molecule has 0 saturated carbocycles. The second kappa shape index (κ2) is 5.29. The second-order valence-electron chi connectivity index (χ2n) is 4.68. The summed E-state index contributed by atoms with van der Waals surface area (Å²) in [5, 5.41) is 0. The van der Waals surface area contributed by atoms with Gasteiger partial charge in [0, 0.05) is 18.3 Å². The van der Waals surface area contributed by atoms with Crippen LogP contribution in [0.3, 0.4) is 0 Å². The van der Waals surface area contributed by atoms with E-state index in [9.17, 15) is 4.79 Å². The van der Waals surface area contributed by atoms with Crippen molar-refractivity contribution in [2.75, 3.05) is 23.8 Å². The Labute approximate surface area is 108 Å². The van der Waals surface area contributed by atoms with Crippen LogP contribution in [0.4, 0.5) is 11.4 Å². The zero-order valence-electron chi connectivity index (χ0n) is 11.0. The minimum absolute atomic E-state index is 0.293. The smallest absolute Gasteiger partial charge is 0.340 e. The van der Waals surface area contributed by atoms with Crippen molar-refractivity contribution in [1.29, 1.82) is 0 Å². The van der Waals surface area contributed by atoms with Gasteiger partial charge in [-0.15, -0.1) is 0 Å². The first kappa shape index (κ1) is 12.7. The van der Waals surface area contributed by atoms with Crippen LogP contribution in [0.1, 0.15) is 37.0 Å². The quantitative estimate of drug-likeness (QED) is 0.659. The number of nitrogens with zero attached hydrogens (tertiary/aromatic N) is 1. The number of hydrogen-bond donors (Lipinski definition) is 1. The Kier molecular flexibility index (Phi) is 3.75. The molecule has 0 aromatic heterocycles. The van der Waals surface area contributed by atoms with E-state index in [-0.39, 0.29) is 5.97 Å². The highest BCUT2D eigenvalue weighted by molar-refractivity contribution is 5.97. The van der Waals surface area contributed by atoms with Crippen molar-refractivity contribution >= 4 is 17.3 Å². The summed E-state index contributed by atoms with van der Waals surface area (Å²) in [6.45, 7) is 5.35. The number of hydrogen-bond acceptors (Lipinski definition) is 4. The first-order valence-electron chi connectivity index (χ1n) is 6.46. The van der Waals surface area contributed by atoms with Gasteiger partial charge >= 0.3 is 5.97 Å². The summed E-state index contributed by atoms with van der Waals surface area (Å²) in [5.74, 6) is -0.293. The molecule has 0 spiro atoms. The minimum atomic E-state index is -0.293. The zero-order valence-corrected chi connectivity index (χ0v) is 11.0. The van der Waals surface area contributed by atoms with Gasteiger partial charge in [-0.2, -0.15) is 0 Å². The molecule has 1 saturated heterocycles. The zero-order chi connectivity index (χ0) is 13.1. The second-order valence-corrected chi connectivity index (χ2v) is 4.68. The van der Waals surface area contributed by atoms with Crippen LogP contribution >= 0.6 is 0 Å². The fraction of sp³-hybridized carbons (Fsp3) is 0.500. The molecular formula is C14H20N2O2. The van der Waals surface area contributed by atoms with Crippen molar-refractivity contribution in [2.45, 2.75) is 32.7 Å². The monoisotopic (exact) mass is 248 g/mol. The van der Waals surface area contributed by atoms with Gasteiger partial charge < -0.3 is 15.4 Å². The Morgan fingerprint density at radius 2 is 2.33 bits per heavy atom. The largest absolute Gasteiger partial charge is 0.462 e. The van der Waals surface area contributed by atoms with E-state index >= 15 is 0 Å². The molecule has 1 unspecified atom stereocenters. The Balaban J connectivity index is 2.36. The molecule has 2 rings (SSSR count). The molecule has 0 bridgehead atoms. The van der Waals surface area contributed by atoms with E-state index in [1.54, 1.807) is 6.07 Å². The van der Waals surface area contributed by atoms with Gasteiger partial charge in [0.15, 0.2) is 0 Å². The first-order chi connectivity index (χ1) is 8.63. The Morgan fingerprint density at radius 3 is 2.94 bits per heavy atom. The Bertz CT molecular complexity index is 445. The molecule has 1 aromatic carbocycles. The Hall–Kier alpha value is -1.71. The molecule has 0 radical (unpaired) electrons. The van der Waals surface area contributed by atoms with Crippen molar-refractivity contribution in [2.24, 2.45) is 0 Å². The molecule has 0 aliphatic carbocycles. The summed E-state index contributed by atoms with van der Waals surface area (Å²) in [7, 11) is 0. The molecular weight excluding hydrogens is 228 g/mol. The maximum atomic E-state index is 12.0. The van der Waals surface area contributed by atoms with Gasteiger partial charge in [-0.25, -0.2) is 4.79 Å². The van der Waals surface area contributed by atoms with E-state index in [1.165, 1.54) is 0 Å². The molecule has 18 heavy (non-hydrogen) atoms.